The van der Waals surface area contributed by atoms with Gasteiger partial charge in [0.05, 0.1) is 17.1 Å². The monoisotopic (exact) mass is 419 g/mol. The molecular formula is C21H23O7S-. The second-order valence-electron chi connectivity index (χ2n) is 6.57. The summed E-state index contributed by atoms with van der Waals surface area (Å²) >= 11 is 0. The van der Waals surface area contributed by atoms with Gasteiger partial charge in [-0.25, -0.2) is 13.2 Å². The molecule has 0 aliphatic heterocycles. The van der Waals surface area contributed by atoms with Crippen molar-refractivity contribution in [3.63, 3.8) is 0 Å². The average molecular weight is 419 g/mol. The van der Waals surface area contributed by atoms with Gasteiger partial charge in [-0.1, -0.05) is 32.0 Å². The Bertz CT molecular complexity index is 949. The molecule has 2 aromatic rings. The molecule has 0 radical (unpaired) electrons. The summed E-state index contributed by atoms with van der Waals surface area (Å²) in [5.41, 5.74) is 1.12. The van der Waals surface area contributed by atoms with E-state index in [9.17, 15) is 22.6 Å². The molecule has 0 fully saturated rings. The van der Waals surface area contributed by atoms with Crippen LogP contribution in [0.1, 0.15) is 54.9 Å². The number of ether oxygens (including phenoxy) is 2. The molecule has 2 aromatic carbocycles. The highest BCUT2D eigenvalue weighted by atomic mass is 32.2. The van der Waals surface area contributed by atoms with E-state index in [2.05, 4.69) is 13.8 Å². The van der Waals surface area contributed by atoms with Crippen LogP contribution in [0.4, 0.5) is 0 Å². The number of hydrogen-bond acceptors (Lipinski definition) is 7. The van der Waals surface area contributed by atoms with E-state index in [-0.39, 0.29) is 25.0 Å². The Balaban J connectivity index is 1.77. The molecule has 0 N–H and O–H groups in total. The summed E-state index contributed by atoms with van der Waals surface area (Å²) in [5.74, 6) is -0.333. The highest BCUT2D eigenvalue weighted by Gasteiger charge is 2.11. The summed E-state index contributed by atoms with van der Waals surface area (Å²) in [6.07, 6.45) is 1.32. The first-order valence-corrected chi connectivity index (χ1v) is 10.6. The maximum absolute atomic E-state index is 11.9. The Morgan fingerprint density at radius 1 is 1.10 bits per heavy atom. The van der Waals surface area contributed by atoms with Gasteiger partial charge in [0.2, 0.25) is 0 Å². The van der Waals surface area contributed by atoms with E-state index in [0.717, 1.165) is 18.6 Å². The Hall–Kier alpha value is -2.71. The lowest BCUT2D eigenvalue weighted by Crippen LogP contribution is -2.12. The van der Waals surface area contributed by atoms with Gasteiger partial charge in [-0.05, 0) is 54.7 Å². The number of carbonyl (C=O) groups is 2. The van der Waals surface area contributed by atoms with Crippen LogP contribution in [-0.4, -0.2) is 31.5 Å². The van der Waals surface area contributed by atoms with Gasteiger partial charge in [0.1, 0.15) is 15.9 Å². The topological polar surface area (TPSA) is 110 Å². The zero-order valence-electron chi connectivity index (χ0n) is 16.3. The summed E-state index contributed by atoms with van der Waals surface area (Å²) in [6, 6.07) is 12.0. The molecule has 1 unspecified atom stereocenters. The predicted octanol–water partition coefficient (Wildman–Crippen LogP) is 3.65. The first-order valence-electron chi connectivity index (χ1n) is 9.24. The first-order chi connectivity index (χ1) is 13.7. The smallest absolute Gasteiger partial charge is 0.338 e. The van der Waals surface area contributed by atoms with Crippen molar-refractivity contribution < 1.29 is 32.0 Å². The van der Waals surface area contributed by atoms with E-state index in [4.69, 9.17) is 9.47 Å². The van der Waals surface area contributed by atoms with E-state index < -0.39 is 27.0 Å². The molecule has 2 rings (SSSR count). The lowest BCUT2D eigenvalue weighted by molar-refractivity contribution is -0.134. The van der Waals surface area contributed by atoms with E-state index in [0.29, 0.717) is 11.7 Å². The van der Waals surface area contributed by atoms with Gasteiger partial charge < -0.3 is 14.0 Å². The van der Waals surface area contributed by atoms with E-state index in [1.807, 2.05) is 12.1 Å². The van der Waals surface area contributed by atoms with E-state index in [1.54, 1.807) is 12.1 Å². The number of rotatable bonds is 9. The van der Waals surface area contributed by atoms with Gasteiger partial charge in [0.15, 0.2) is 0 Å². The molecule has 0 saturated heterocycles. The summed E-state index contributed by atoms with van der Waals surface area (Å²) in [7, 11) is -4.65. The Morgan fingerprint density at radius 2 is 1.79 bits per heavy atom. The van der Waals surface area contributed by atoms with Gasteiger partial charge >= 0.3 is 11.9 Å². The maximum atomic E-state index is 11.9. The van der Waals surface area contributed by atoms with Crippen LogP contribution in [0, 0.1) is 0 Å². The fraction of sp³-hybridized carbons (Fsp3) is 0.333. The zero-order chi connectivity index (χ0) is 21.4. The van der Waals surface area contributed by atoms with Crippen LogP contribution in [0.15, 0.2) is 53.4 Å². The van der Waals surface area contributed by atoms with Gasteiger partial charge in [-0.2, -0.15) is 0 Å². The van der Waals surface area contributed by atoms with Crippen LogP contribution in [0.25, 0.3) is 0 Å². The van der Waals surface area contributed by atoms with Crippen LogP contribution in [0.5, 0.6) is 5.75 Å². The third-order valence-corrected chi connectivity index (χ3v) is 5.24. The fourth-order valence-electron chi connectivity index (χ4n) is 2.53. The maximum Gasteiger partial charge on any atom is 0.338 e. The van der Waals surface area contributed by atoms with Crippen molar-refractivity contribution in [1.29, 1.82) is 0 Å². The summed E-state index contributed by atoms with van der Waals surface area (Å²) in [4.78, 5) is 23.3. The van der Waals surface area contributed by atoms with Gasteiger partial charge in [0, 0.05) is 6.42 Å². The Kier molecular flexibility index (Phi) is 7.92. The minimum Gasteiger partial charge on any atom is -0.744 e. The lowest BCUT2D eigenvalue weighted by atomic mass is 9.99. The number of carbonyl (C=O) groups excluding carboxylic acids is 2. The van der Waals surface area contributed by atoms with Crippen molar-refractivity contribution in [2.45, 2.75) is 43.9 Å². The second kappa shape index (κ2) is 10.2. The van der Waals surface area contributed by atoms with Crippen molar-refractivity contribution in [3.8, 4) is 5.75 Å². The van der Waals surface area contributed by atoms with Gasteiger partial charge in [0.25, 0.3) is 0 Å². The second-order valence-corrected chi connectivity index (χ2v) is 7.95. The van der Waals surface area contributed by atoms with Crippen LogP contribution in [0.3, 0.4) is 0 Å². The van der Waals surface area contributed by atoms with E-state index >= 15 is 0 Å². The van der Waals surface area contributed by atoms with Crippen LogP contribution >= 0.6 is 0 Å². The number of benzene rings is 2. The van der Waals surface area contributed by atoms with E-state index in [1.165, 1.54) is 17.7 Å². The minimum absolute atomic E-state index is 0.0464. The molecule has 0 bridgehead atoms. The van der Waals surface area contributed by atoms with Crippen molar-refractivity contribution in [3.05, 3.63) is 59.7 Å². The molecule has 0 amide bonds. The SMILES string of the molecule is CCC(C)c1ccc(OC(=O)CCCOC(=O)c2cccc(S(=O)(=O)[O-])c2)cc1. The molecule has 0 saturated carbocycles. The van der Waals surface area contributed by atoms with Gasteiger partial charge in [-0.3, -0.25) is 4.79 Å². The third kappa shape index (κ3) is 6.99. The van der Waals surface area contributed by atoms with Crippen molar-refractivity contribution >= 4 is 22.1 Å². The van der Waals surface area contributed by atoms with Crippen molar-refractivity contribution in [2.75, 3.05) is 6.61 Å². The van der Waals surface area contributed by atoms with Gasteiger partial charge in [-0.15, -0.1) is 0 Å². The average Bonchev–Trinajstić information content (AvgIpc) is 2.70. The predicted molar refractivity (Wildman–Crippen MR) is 105 cm³/mol. The molecule has 7 nitrogen and oxygen atoms in total. The largest absolute Gasteiger partial charge is 0.744 e. The van der Waals surface area contributed by atoms with Crippen molar-refractivity contribution in [2.24, 2.45) is 0 Å². The molecule has 1 atom stereocenters. The highest BCUT2D eigenvalue weighted by Crippen LogP contribution is 2.21. The molecule has 0 heterocycles. The minimum atomic E-state index is -4.65. The van der Waals surface area contributed by atoms with Crippen molar-refractivity contribution in [1.82, 2.24) is 0 Å². The zero-order valence-corrected chi connectivity index (χ0v) is 17.1. The Labute approximate surface area is 170 Å². The number of esters is 2. The molecule has 8 heteroatoms. The normalized spacial score (nSPS) is 12.2. The fourth-order valence-corrected chi connectivity index (χ4v) is 3.04. The molecular weight excluding hydrogens is 396 g/mol. The molecule has 0 aliphatic rings. The highest BCUT2D eigenvalue weighted by molar-refractivity contribution is 7.85. The lowest BCUT2D eigenvalue weighted by Gasteiger charge is -2.10. The third-order valence-electron chi connectivity index (χ3n) is 4.41. The van der Waals surface area contributed by atoms with Crippen LogP contribution in [-0.2, 0) is 19.6 Å². The standard InChI is InChI=1S/C21H24O7S/c1-3-15(2)16-9-11-18(12-10-16)28-20(22)8-5-13-27-21(23)17-6-4-7-19(14-17)29(24,25)26/h4,6-7,9-12,14-15H,3,5,8,13H2,1-2H3,(H,24,25,26)/p-1. The quantitative estimate of drug-likeness (QED) is 0.264. The molecule has 0 spiro atoms. The summed E-state index contributed by atoms with van der Waals surface area (Å²) in [5, 5.41) is 0. The summed E-state index contributed by atoms with van der Waals surface area (Å²) < 4.78 is 43.3. The molecule has 0 aromatic heterocycles. The molecule has 0 aliphatic carbocycles. The Morgan fingerprint density at radius 3 is 2.41 bits per heavy atom. The number of hydrogen-bond donors (Lipinski definition) is 0. The van der Waals surface area contributed by atoms with Crippen LogP contribution < -0.4 is 4.74 Å². The first kappa shape index (κ1) is 22.6. The summed E-state index contributed by atoms with van der Waals surface area (Å²) in [6.45, 7) is 4.18. The van der Waals surface area contributed by atoms with Crippen LogP contribution in [0.2, 0.25) is 0 Å². The molecule has 29 heavy (non-hydrogen) atoms. The molecule has 156 valence electrons.